The zero-order valence-electron chi connectivity index (χ0n) is 13.1. The van der Waals surface area contributed by atoms with Crippen molar-refractivity contribution in [3.05, 3.63) is 52.4 Å². The Hall–Kier alpha value is -3.05. The molecule has 0 bridgehead atoms. The monoisotopic (exact) mass is 376 g/mol. The molecule has 132 valence electrons. The minimum absolute atomic E-state index is 0.01000. The van der Waals surface area contributed by atoms with E-state index in [2.05, 4.69) is 15.6 Å². The van der Waals surface area contributed by atoms with Gasteiger partial charge < -0.3 is 10.6 Å². The lowest BCUT2D eigenvalue weighted by atomic mass is 10.1. The van der Waals surface area contributed by atoms with E-state index in [1.807, 2.05) is 0 Å². The molecule has 0 aliphatic heterocycles. The van der Waals surface area contributed by atoms with Crippen molar-refractivity contribution in [3.63, 3.8) is 0 Å². The molecule has 0 spiro atoms. The predicted molar refractivity (Wildman–Crippen MR) is 89.9 cm³/mol. The number of benzene rings is 1. The van der Waals surface area contributed by atoms with Crippen molar-refractivity contribution in [1.82, 2.24) is 4.98 Å². The molecule has 9 heteroatoms. The zero-order chi connectivity index (χ0) is 18.8. The number of nitriles is 1. The Balaban J connectivity index is 1.75. The number of aromatic nitrogens is 1. The Bertz CT molecular complexity index is 922. The molecule has 0 radical (unpaired) electrons. The first kappa shape index (κ1) is 17.8. The van der Waals surface area contributed by atoms with Crippen LogP contribution in [0, 0.1) is 23.1 Å². The van der Waals surface area contributed by atoms with Gasteiger partial charge >= 0.3 is 0 Å². The summed E-state index contributed by atoms with van der Waals surface area (Å²) in [6, 6.07) is 6.60. The van der Waals surface area contributed by atoms with Crippen molar-refractivity contribution in [2.75, 3.05) is 10.6 Å². The molecule has 1 aliphatic carbocycles. The maximum Gasteiger partial charge on any atom is 0.260 e. The van der Waals surface area contributed by atoms with E-state index >= 15 is 0 Å². The third kappa shape index (κ3) is 3.78. The summed E-state index contributed by atoms with van der Waals surface area (Å²) in [5.41, 5.74) is -0.191. The number of carbonyl (C=O) groups is 2. The first-order chi connectivity index (χ1) is 12.4. The summed E-state index contributed by atoms with van der Waals surface area (Å²) in [7, 11) is 0. The number of alkyl halides is 1. The van der Waals surface area contributed by atoms with E-state index in [-0.39, 0.29) is 28.5 Å². The molecule has 2 unspecified atom stereocenters. The van der Waals surface area contributed by atoms with Gasteiger partial charge in [0.15, 0.2) is 0 Å². The van der Waals surface area contributed by atoms with Crippen molar-refractivity contribution >= 4 is 34.9 Å². The largest absolute Gasteiger partial charge is 0.322 e. The van der Waals surface area contributed by atoms with Gasteiger partial charge in [-0.3, -0.25) is 9.59 Å². The Kier molecular flexibility index (Phi) is 4.82. The molecular formula is C17H11ClF2N4O2. The van der Waals surface area contributed by atoms with Gasteiger partial charge in [-0.1, -0.05) is 11.6 Å². The van der Waals surface area contributed by atoms with Gasteiger partial charge in [0.1, 0.15) is 17.8 Å². The van der Waals surface area contributed by atoms with E-state index in [0.717, 1.165) is 6.07 Å². The quantitative estimate of drug-likeness (QED) is 0.855. The predicted octanol–water partition coefficient (Wildman–Crippen LogP) is 3.29. The van der Waals surface area contributed by atoms with E-state index in [1.54, 1.807) is 6.07 Å². The van der Waals surface area contributed by atoms with Gasteiger partial charge in [0.05, 0.1) is 28.1 Å². The number of carbonyl (C=O) groups excluding carboxylic acids is 2. The third-order valence-corrected chi connectivity index (χ3v) is 4.01. The number of rotatable bonds is 4. The van der Waals surface area contributed by atoms with Crippen LogP contribution in [0.3, 0.4) is 0 Å². The van der Waals surface area contributed by atoms with Crippen LogP contribution in [0.15, 0.2) is 30.5 Å². The maximum absolute atomic E-state index is 14.0. The first-order valence-corrected chi connectivity index (χ1v) is 7.88. The molecule has 1 aromatic heterocycles. The van der Waals surface area contributed by atoms with Crippen LogP contribution in [0.2, 0.25) is 5.02 Å². The fourth-order valence-electron chi connectivity index (χ4n) is 2.28. The molecule has 1 heterocycles. The average Bonchev–Trinajstić information content (AvgIpc) is 3.31. The van der Waals surface area contributed by atoms with Gasteiger partial charge in [0.25, 0.3) is 5.91 Å². The van der Waals surface area contributed by atoms with Crippen molar-refractivity contribution in [2.24, 2.45) is 5.92 Å². The standard InChI is InChI=1S/C17H11ClF2N4O2/c18-11-3-8(7-21)4-13(20)15(11)17(26)23-9-1-2-22-14(5-9)24-16(25)10-6-12(10)19/h1-5,10,12H,6H2,(H2,22,23,24,25,26). The smallest absolute Gasteiger partial charge is 0.260 e. The highest BCUT2D eigenvalue weighted by molar-refractivity contribution is 6.34. The molecule has 1 aliphatic rings. The highest BCUT2D eigenvalue weighted by Gasteiger charge is 2.43. The number of halogens is 3. The summed E-state index contributed by atoms with van der Waals surface area (Å²) in [5.74, 6) is -2.81. The van der Waals surface area contributed by atoms with Gasteiger partial charge in [-0.15, -0.1) is 0 Å². The highest BCUT2D eigenvalue weighted by atomic mass is 35.5. The summed E-state index contributed by atoms with van der Waals surface area (Å²) in [4.78, 5) is 27.9. The Labute approximate surface area is 151 Å². The Morgan fingerprint density at radius 2 is 2.04 bits per heavy atom. The molecule has 6 nitrogen and oxygen atoms in total. The lowest BCUT2D eigenvalue weighted by molar-refractivity contribution is -0.117. The summed E-state index contributed by atoms with van der Waals surface area (Å²) in [5, 5.41) is 13.4. The average molecular weight is 377 g/mol. The van der Waals surface area contributed by atoms with Crippen LogP contribution in [-0.4, -0.2) is 23.0 Å². The fraction of sp³-hybridized carbons (Fsp3) is 0.176. The van der Waals surface area contributed by atoms with Gasteiger partial charge in [-0.2, -0.15) is 5.26 Å². The summed E-state index contributed by atoms with van der Waals surface area (Å²) >= 11 is 5.87. The maximum atomic E-state index is 14.0. The van der Waals surface area contributed by atoms with E-state index in [0.29, 0.717) is 0 Å². The normalized spacial score (nSPS) is 17.9. The fourth-order valence-corrected chi connectivity index (χ4v) is 2.57. The van der Waals surface area contributed by atoms with Gasteiger partial charge in [0.2, 0.25) is 5.91 Å². The van der Waals surface area contributed by atoms with E-state index < -0.39 is 35.3 Å². The molecule has 0 saturated heterocycles. The Morgan fingerprint density at radius 1 is 1.31 bits per heavy atom. The van der Waals surface area contributed by atoms with Crippen LogP contribution < -0.4 is 10.6 Å². The second kappa shape index (κ2) is 7.06. The van der Waals surface area contributed by atoms with E-state index in [1.165, 1.54) is 24.4 Å². The topological polar surface area (TPSA) is 94.9 Å². The Morgan fingerprint density at radius 3 is 2.65 bits per heavy atom. The highest BCUT2D eigenvalue weighted by Crippen LogP contribution is 2.34. The second-order valence-electron chi connectivity index (χ2n) is 5.66. The number of nitrogens with one attached hydrogen (secondary N) is 2. The SMILES string of the molecule is N#Cc1cc(F)c(C(=O)Nc2ccnc(NC(=O)C3CC3F)c2)c(Cl)c1. The summed E-state index contributed by atoms with van der Waals surface area (Å²) in [6.45, 7) is 0. The van der Waals surface area contributed by atoms with Crippen molar-refractivity contribution in [1.29, 1.82) is 5.26 Å². The number of hydrogen-bond donors (Lipinski definition) is 2. The number of anilines is 2. The van der Waals surface area contributed by atoms with Gasteiger partial charge in [0, 0.05) is 18.0 Å². The molecule has 1 saturated carbocycles. The van der Waals surface area contributed by atoms with Crippen LogP contribution in [0.4, 0.5) is 20.3 Å². The van der Waals surface area contributed by atoms with Crippen molar-refractivity contribution < 1.29 is 18.4 Å². The van der Waals surface area contributed by atoms with Crippen molar-refractivity contribution in [2.45, 2.75) is 12.6 Å². The molecule has 2 aromatic rings. The molecule has 2 atom stereocenters. The number of pyridine rings is 1. The van der Waals surface area contributed by atoms with E-state index in [4.69, 9.17) is 16.9 Å². The van der Waals surface area contributed by atoms with Crippen LogP contribution >= 0.6 is 11.6 Å². The molecule has 1 fully saturated rings. The lowest BCUT2D eigenvalue weighted by Crippen LogP contribution is -2.17. The van der Waals surface area contributed by atoms with E-state index in [9.17, 15) is 18.4 Å². The van der Waals surface area contributed by atoms with Crippen LogP contribution in [-0.2, 0) is 4.79 Å². The first-order valence-electron chi connectivity index (χ1n) is 7.50. The molecule has 1 aromatic carbocycles. The summed E-state index contributed by atoms with van der Waals surface area (Å²) in [6.07, 6.45) is 0.361. The molecule has 2 N–H and O–H groups in total. The molecular weight excluding hydrogens is 366 g/mol. The third-order valence-electron chi connectivity index (χ3n) is 3.72. The van der Waals surface area contributed by atoms with Crippen LogP contribution in [0.1, 0.15) is 22.3 Å². The van der Waals surface area contributed by atoms with Gasteiger partial charge in [-0.25, -0.2) is 13.8 Å². The molecule has 2 amide bonds. The minimum atomic E-state index is -1.14. The van der Waals surface area contributed by atoms with Gasteiger partial charge in [-0.05, 0) is 24.6 Å². The van der Waals surface area contributed by atoms with Crippen LogP contribution in [0.5, 0.6) is 0 Å². The van der Waals surface area contributed by atoms with Crippen LogP contribution in [0.25, 0.3) is 0 Å². The number of amides is 2. The molecule has 3 rings (SSSR count). The summed E-state index contributed by atoms with van der Waals surface area (Å²) < 4.78 is 26.9. The number of hydrogen-bond acceptors (Lipinski definition) is 4. The van der Waals surface area contributed by atoms with Crippen molar-refractivity contribution in [3.8, 4) is 6.07 Å². The second-order valence-corrected chi connectivity index (χ2v) is 6.07. The minimum Gasteiger partial charge on any atom is -0.322 e. The number of nitrogens with zero attached hydrogens (tertiary/aromatic N) is 2. The molecule has 26 heavy (non-hydrogen) atoms. The lowest BCUT2D eigenvalue weighted by Gasteiger charge is -2.10. The zero-order valence-corrected chi connectivity index (χ0v) is 13.8.